The molecule has 9 heteroatoms. The van der Waals surface area contributed by atoms with Gasteiger partial charge in [0, 0.05) is 34.7 Å². The molecule has 0 radical (unpaired) electrons. The molecule has 3 N–H and O–H groups in total. The second-order valence-corrected chi connectivity index (χ2v) is 8.38. The minimum Gasteiger partial charge on any atom is -0.380 e. The van der Waals surface area contributed by atoms with E-state index in [0.717, 1.165) is 44.0 Å². The summed E-state index contributed by atoms with van der Waals surface area (Å²) in [5.74, 6) is -0.111. The summed E-state index contributed by atoms with van der Waals surface area (Å²) in [5, 5.41) is 18.8. The number of nitrogens with one attached hydrogen (secondary N) is 3. The quantitative estimate of drug-likeness (QED) is 0.471. The Labute approximate surface area is 168 Å². The highest BCUT2D eigenvalue weighted by atomic mass is 32.1. The smallest absolute Gasteiger partial charge is 0.265 e. The summed E-state index contributed by atoms with van der Waals surface area (Å²) in [6.45, 7) is 2.41. The lowest BCUT2D eigenvalue weighted by Gasteiger charge is -2.26. The summed E-state index contributed by atoms with van der Waals surface area (Å²) in [6, 6.07) is 4.04. The Kier molecular flexibility index (Phi) is 4.15. The van der Waals surface area contributed by atoms with Crippen molar-refractivity contribution in [2.75, 3.05) is 12.4 Å². The van der Waals surface area contributed by atoms with E-state index in [-0.39, 0.29) is 12.1 Å². The van der Waals surface area contributed by atoms with E-state index in [1.165, 1.54) is 11.3 Å². The zero-order valence-corrected chi connectivity index (χ0v) is 16.8. The maximum Gasteiger partial charge on any atom is 0.265 e. The minimum atomic E-state index is -0.386. The van der Waals surface area contributed by atoms with Gasteiger partial charge in [0.15, 0.2) is 0 Å². The summed E-state index contributed by atoms with van der Waals surface area (Å²) >= 11 is 3.02. The van der Waals surface area contributed by atoms with Gasteiger partial charge in [-0.3, -0.25) is 9.89 Å². The molecular formula is C19H17N5O2S2. The molecule has 4 aromatic rings. The van der Waals surface area contributed by atoms with Crippen LogP contribution in [0, 0.1) is 6.92 Å². The average Bonchev–Trinajstić information content (AvgIpc) is 3.40. The maximum absolute atomic E-state index is 12.9. The van der Waals surface area contributed by atoms with Crippen molar-refractivity contribution in [2.24, 2.45) is 0 Å². The molecule has 0 aromatic carbocycles. The number of ether oxygens (including phenoxy) is 1. The number of carbonyl (C=O) groups excluding carboxylic acids is 1. The third-order valence-corrected chi connectivity index (χ3v) is 6.50. The van der Waals surface area contributed by atoms with E-state index in [9.17, 15) is 4.79 Å². The van der Waals surface area contributed by atoms with Crippen LogP contribution in [0.2, 0.25) is 0 Å². The summed E-state index contributed by atoms with van der Waals surface area (Å²) in [4.78, 5) is 19.0. The van der Waals surface area contributed by atoms with Gasteiger partial charge in [-0.1, -0.05) is 0 Å². The van der Waals surface area contributed by atoms with Gasteiger partial charge in [-0.15, -0.1) is 11.3 Å². The van der Waals surface area contributed by atoms with E-state index in [1.54, 1.807) is 24.6 Å². The SMILES string of the molecule is COCc1cc(C)nc2sc3c(c12)NC(c1cn[nH]c1-c1ccsc1)NC3=O. The van der Waals surface area contributed by atoms with Gasteiger partial charge in [-0.25, -0.2) is 4.98 Å². The number of nitrogens with zero attached hydrogens (tertiary/aromatic N) is 2. The molecule has 0 bridgehead atoms. The standard InChI is InChI=1S/C19H17N5O2S2/c1-9-5-11(7-26-2)13-15-16(28-19(13)21-9)18(25)23-17(22-15)12-6-20-24-14(12)10-3-4-27-8-10/h3-6,8,17,22H,7H2,1-2H3,(H,20,24)(H,23,25). The normalized spacial score (nSPS) is 16.1. The van der Waals surface area contributed by atoms with Crippen molar-refractivity contribution in [1.29, 1.82) is 0 Å². The fraction of sp³-hybridized carbons (Fsp3) is 0.211. The minimum absolute atomic E-state index is 0.111. The van der Waals surface area contributed by atoms with Crippen LogP contribution in [-0.2, 0) is 11.3 Å². The van der Waals surface area contributed by atoms with Gasteiger partial charge in [0.25, 0.3) is 5.91 Å². The molecule has 1 aliphatic rings. The van der Waals surface area contributed by atoms with Crippen LogP contribution in [0.5, 0.6) is 0 Å². The number of hydrogen-bond donors (Lipinski definition) is 3. The Morgan fingerprint density at radius 2 is 2.21 bits per heavy atom. The largest absolute Gasteiger partial charge is 0.380 e. The molecule has 5 rings (SSSR count). The molecule has 1 aliphatic heterocycles. The lowest BCUT2D eigenvalue weighted by Crippen LogP contribution is -2.37. The lowest BCUT2D eigenvalue weighted by molar-refractivity contribution is 0.0940. The Bertz CT molecular complexity index is 1180. The van der Waals surface area contributed by atoms with Crippen molar-refractivity contribution in [2.45, 2.75) is 19.7 Å². The zero-order valence-electron chi connectivity index (χ0n) is 15.2. The predicted octanol–water partition coefficient (Wildman–Crippen LogP) is 4.06. The molecule has 1 atom stereocenters. The number of fused-ring (bicyclic) bond motifs is 3. The Morgan fingerprint density at radius 3 is 3.00 bits per heavy atom. The molecule has 1 amide bonds. The molecule has 0 saturated heterocycles. The highest BCUT2D eigenvalue weighted by molar-refractivity contribution is 7.21. The van der Waals surface area contributed by atoms with Crippen molar-refractivity contribution in [3.05, 3.63) is 50.8 Å². The van der Waals surface area contributed by atoms with Crippen LogP contribution >= 0.6 is 22.7 Å². The van der Waals surface area contributed by atoms with Gasteiger partial charge in [-0.05, 0) is 30.0 Å². The Balaban J connectivity index is 1.63. The number of thiophene rings is 2. The molecule has 0 saturated carbocycles. The average molecular weight is 412 g/mol. The first-order valence-corrected chi connectivity index (χ1v) is 10.5. The zero-order chi connectivity index (χ0) is 19.3. The molecule has 1 unspecified atom stereocenters. The first-order valence-electron chi connectivity index (χ1n) is 8.71. The number of H-pyrrole nitrogens is 1. The van der Waals surface area contributed by atoms with Crippen LogP contribution in [0.4, 0.5) is 5.69 Å². The number of aryl methyl sites for hydroxylation is 1. The number of aromatic nitrogens is 3. The number of aromatic amines is 1. The summed E-state index contributed by atoms with van der Waals surface area (Å²) in [6.07, 6.45) is 1.37. The number of amides is 1. The van der Waals surface area contributed by atoms with Crippen molar-refractivity contribution in [3.63, 3.8) is 0 Å². The van der Waals surface area contributed by atoms with Gasteiger partial charge in [0.05, 0.1) is 24.2 Å². The van der Waals surface area contributed by atoms with Crippen molar-refractivity contribution >= 4 is 44.5 Å². The Morgan fingerprint density at radius 1 is 1.32 bits per heavy atom. The fourth-order valence-electron chi connectivity index (χ4n) is 3.56. The summed E-state index contributed by atoms with van der Waals surface area (Å²) in [7, 11) is 1.67. The van der Waals surface area contributed by atoms with Crippen molar-refractivity contribution in [1.82, 2.24) is 20.5 Å². The first-order chi connectivity index (χ1) is 13.7. The Hall–Kier alpha value is -2.75. The molecule has 0 spiro atoms. The highest BCUT2D eigenvalue weighted by Crippen LogP contribution is 2.42. The number of rotatable bonds is 4. The van der Waals surface area contributed by atoms with Gasteiger partial charge in [-0.2, -0.15) is 16.4 Å². The van der Waals surface area contributed by atoms with E-state index >= 15 is 0 Å². The van der Waals surface area contributed by atoms with E-state index in [2.05, 4.69) is 31.2 Å². The van der Waals surface area contributed by atoms with Crippen LogP contribution in [0.3, 0.4) is 0 Å². The number of methoxy groups -OCH3 is 1. The van der Waals surface area contributed by atoms with Crippen LogP contribution in [0.25, 0.3) is 21.5 Å². The van der Waals surface area contributed by atoms with Crippen LogP contribution in [0.15, 0.2) is 29.1 Å². The number of hydrogen-bond acceptors (Lipinski definition) is 7. The van der Waals surface area contributed by atoms with Gasteiger partial charge >= 0.3 is 0 Å². The third kappa shape index (κ3) is 2.70. The fourth-order valence-corrected chi connectivity index (χ4v) is 5.34. The highest BCUT2D eigenvalue weighted by Gasteiger charge is 2.32. The molecule has 142 valence electrons. The topological polar surface area (TPSA) is 91.9 Å². The van der Waals surface area contributed by atoms with E-state index in [0.29, 0.717) is 11.5 Å². The molecule has 0 aliphatic carbocycles. The number of pyridine rings is 1. The number of carbonyl (C=O) groups is 1. The van der Waals surface area contributed by atoms with Crippen molar-refractivity contribution in [3.8, 4) is 11.3 Å². The van der Waals surface area contributed by atoms with Gasteiger partial charge < -0.3 is 15.4 Å². The monoisotopic (exact) mass is 411 g/mol. The maximum atomic E-state index is 12.9. The second-order valence-electron chi connectivity index (χ2n) is 6.61. The lowest BCUT2D eigenvalue weighted by atomic mass is 10.1. The van der Waals surface area contributed by atoms with Gasteiger partial charge in [0.2, 0.25) is 0 Å². The summed E-state index contributed by atoms with van der Waals surface area (Å²) < 4.78 is 5.38. The van der Waals surface area contributed by atoms with E-state index in [1.807, 2.05) is 24.4 Å². The van der Waals surface area contributed by atoms with Gasteiger partial charge in [0.1, 0.15) is 15.9 Å². The molecule has 7 nitrogen and oxygen atoms in total. The number of anilines is 1. The molecular weight excluding hydrogens is 394 g/mol. The molecule has 4 aromatic heterocycles. The van der Waals surface area contributed by atoms with Crippen LogP contribution in [-0.4, -0.2) is 28.2 Å². The second kappa shape index (κ2) is 6.69. The predicted molar refractivity (Wildman–Crippen MR) is 111 cm³/mol. The van der Waals surface area contributed by atoms with E-state index in [4.69, 9.17) is 4.74 Å². The van der Waals surface area contributed by atoms with Crippen LogP contribution < -0.4 is 10.6 Å². The van der Waals surface area contributed by atoms with Crippen LogP contribution in [0.1, 0.15) is 32.7 Å². The molecule has 28 heavy (non-hydrogen) atoms. The molecule has 0 fully saturated rings. The third-order valence-electron chi connectivity index (χ3n) is 4.73. The van der Waals surface area contributed by atoms with E-state index < -0.39 is 0 Å². The van der Waals surface area contributed by atoms with Crippen molar-refractivity contribution < 1.29 is 9.53 Å². The molecule has 5 heterocycles. The summed E-state index contributed by atoms with van der Waals surface area (Å²) in [5.41, 5.74) is 5.58. The first kappa shape index (κ1) is 17.4.